The van der Waals surface area contributed by atoms with Gasteiger partial charge >= 0.3 is 0 Å². The Labute approximate surface area is 131 Å². The standard InChI is InChI=1S/C18H35N3/c1-6-11-15(12-7-2)18(19-9-4)14-17-13-16(8-3)20-21(17)10-5/h13,15,18-19H,6-12,14H2,1-5H3. The van der Waals surface area contributed by atoms with Gasteiger partial charge in [-0.2, -0.15) is 5.10 Å². The van der Waals surface area contributed by atoms with E-state index in [0.29, 0.717) is 6.04 Å². The normalized spacial score (nSPS) is 13.0. The minimum absolute atomic E-state index is 0.585. The molecule has 1 N–H and O–H groups in total. The van der Waals surface area contributed by atoms with Gasteiger partial charge in [0.05, 0.1) is 5.69 Å². The summed E-state index contributed by atoms with van der Waals surface area (Å²) >= 11 is 0. The van der Waals surface area contributed by atoms with Gasteiger partial charge in [0.1, 0.15) is 0 Å². The molecule has 3 heteroatoms. The van der Waals surface area contributed by atoms with Crippen LogP contribution >= 0.6 is 0 Å². The van der Waals surface area contributed by atoms with Crippen molar-refractivity contribution in [3.05, 3.63) is 17.5 Å². The number of nitrogens with one attached hydrogen (secondary N) is 1. The van der Waals surface area contributed by atoms with Crippen LogP contribution in [0.4, 0.5) is 0 Å². The Morgan fingerprint density at radius 3 is 2.24 bits per heavy atom. The fraction of sp³-hybridized carbons (Fsp3) is 0.833. The Kier molecular flexibility index (Phi) is 8.67. The van der Waals surface area contributed by atoms with Crippen molar-refractivity contribution >= 4 is 0 Å². The molecule has 0 fully saturated rings. The molecule has 0 aliphatic carbocycles. The van der Waals surface area contributed by atoms with Crippen molar-refractivity contribution < 1.29 is 0 Å². The fourth-order valence-electron chi connectivity index (χ4n) is 3.31. The molecule has 1 rings (SSSR count). The number of aryl methyl sites for hydroxylation is 2. The molecular weight excluding hydrogens is 258 g/mol. The number of hydrogen-bond acceptors (Lipinski definition) is 2. The first-order valence-corrected chi connectivity index (χ1v) is 8.98. The fourth-order valence-corrected chi connectivity index (χ4v) is 3.31. The summed E-state index contributed by atoms with van der Waals surface area (Å²) in [5, 5.41) is 8.44. The Morgan fingerprint density at radius 2 is 1.76 bits per heavy atom. The minimum Gasteiger partial charge on any atom is -0.314 e. The maximum Gasteiger partial charge on any atom is 0.0624 e. The number of likely N-dealkylation sites (N-methyl/N-ethyl adjacent to an activating group) is 1. The second-order valence-electron chi connectivity index (χ2n) is 6.00. The van der Waals surface area contributed by atoms with Gasteiger partial charge in [0.2, 0.25) is 0 Å². The van der Waals surface area contributed by atoms with Crippen LogP contribution in [-0.4, -0.2) is 22.4 Å². The zero-order chi connectivity index (χ0) is 15.7. The first kappa shape index (κ1) is 18.2. The van der Waals surface area contributed by atoms with E-state index in [1.54, 1.807) is 0 Å². The lowest BCUT2D eigenvalue weighted by Gasteiger charge is -2.28. The molecule has 1 aromatic heterocycles. The van der Waals surface area contributed by atoms with E-state index in [1.807, 2.05) is 0 Å². The quantitative estimate of drug-likeness (QED) is 0.662. The smallest absolute Gasteiger partial charge is 0.0624 e. The first-order valence-electron chi connectivity index (χ1n) is 8.98. The second-order valence-corrected chi connectivity index (χ2v) is 6.00. The molecule has 0 saturated heterocycles. The number of hydrogen-bond donors (Lipinski definition) is 1. The van der Waals surface area contributed by atoms with Gasteiger partial charge in [-0.1, -0.05) is 40.5 Å². The monoisotopic (exact) mass is 293 g/mol. The zero-order valence-electron chi connectivity index (χ0n) is 14.8. The summed E-state index contributed by atoms with van der Waals surface area (Å²) in [7, 11) is 0. The van der Waals surface area contributed by atoms with E-state index < -0.39 is 0 Å². The SMILES string of the molecule is CCCC(CCC)C(Cc1cc(CC)nn1CC)NCC. The Hall–Kier alpha value is -0.830. The molecule has 0 radical (unpaired) electrons. The maximum atomic E-state index is 4.70. The third-order valence-corrected chi connectivity index (χ3v) is 4.36. The summed E-state index contributed by atoms with van der Waals surface area (Å²) in [6.45, 7) is 13.2. The highest BCUT2D eigenvalue weighted by Gasteiger charge is 2.21. The van der Waals surface area contributed by atoms with Crippen LogP contribution in [0.1, 0.15) is 71.7 Å². The minimum atomic E-state index is 0.585. The van der Waals surface area contributed by atoms with E-state index in [2.05, 4.69) is 50.7 Å². The third kappa shape index (κ3) is 5.46. The predicted molar refractivity (Wildman–Crippen MR) is 91.8 cm³/mol. The van der Waals surface area contributed by atoms with Crippen LogP contribution in [0.2, 0.25) is 0 Å². The number of nitrogens with zero attached hydrogens (tertiary/aromatic N) is 2. The Bertz CT molecular complexity index is 378. The molecule has 0 spiro atoms. The van der Waals surface area contributed by atoms with Crippen LogP contribution in [0.15, 0.2) is 6.07 Å². The lowest BCUT2D eigenvalue weighted by molar-refractivity contribution is 0.308. The van der Waals surface area contributed by atoms with Crippen molar-refractivity contribution in [2.75, 3.05) is 6.54 Å². The van der Waals surface area contributed by atoms with Gasteiger partial charge in [-0.05, 0) is 44.7 Å². The van der Waals surface area contributed by atoms with E-state index in [4.69, 9.17) is 5.10 Å². The van der Waals surface area contributed by atoms with Gasteiger partial charge in [-0.3, -0.25) is 4.68 Å². The first-order chi connectivity index (χ1) is 10.2. The van der Waals surface area contributed by atoms with Gasteiger partial charge in [-0.25, -0.2) is 0 Å². The molecule has 0 aliphatic heterocycles. The molecule has 1 heterocycles. The summed E-state index contributed by atoms with van der Waals surface area (Å²) in [6, 6.07) is 2.89. The Balaban J connectivity index is 2.87. The summed E-state index contributed by atoms with van der Waals surface area (Å²) in [5.74, 6) is 0.783. The summed E-state index contributed by atoms with van der Waals surface area (Å²) < 4.78 is 2.19. The molecule has 0 saturated carbocycles. The maximum absolute atomic E-state index is 4.70. The number of rotatable bonds is 11. The lowest BCUT2D eigenvalue weighted by Crippen LogP contribution is -2.38. The molecule has 0 bridgehead atoms. The lowest BCUT2D eigenvalue weighted by atomic mass is 9.87. The van der Waals surface area contributed by atoms with E-state index >= 15 is 0 Å². The highest BCUT2D eigenvalue weighted by Crippen LogP contribution is 2.21. The predicted octanol–water partition coefficient (Wildman–Crippen LogP) is 4.20. The molecule has 1 unspecified atom stereocenters. The van der Waals surface area contributed by atoms with Crippen LogP contribution in [0, 0.1) is 5.92 Å². The van der Waals surface area contributed by atoms with Gasteiger partial charge in [0.25, 0.3) is 0 Å². The van der Waals surface area contributed by atoms with Crippen LogP contribution in [-0.2, 0) is 19.4 Å². The van der Waals surface area contributed by atoms with Gasteiger partial charge in [0, 0.05) is 24.7 Å². The molecule has 21 heavy (non-hydrogen) atoms. The van der Waals surface area contributed by atoms with Gasteiger partial charge in [-0.15, -0.1) is 0 Å². The average Bonchev–Trinajstić information content (AvgIpc) is 2.89. The highest BCUT2D eigenvalue weighted by atomic mass is 15.3. The Morgan fingerprint density at radius 1 is 1.10 bits per heavy atom. The molecular formula is C18H35N3. The highest BCUT2D eigenvalue weighted by molar-refractivity contribution is 5.12. The summed E-state index contributed by atoms with van der Waals surface area (Å²) in [4.78, 5) is 0. The van der Waals surface area contributed by atoms with Crippen molar-refractivity contribution in [1.29, 1.82) is 0 Å². The number of aromatic nitrogens is 2. The second kappa shape index (κ2) is 9.99. The van der Waals surface area contributed by atoms with E-state index in [1.165, 1.54) is 37.1 Å². The molecule has 0 amide bonds. The van der Waals surface area contributed by atoms with Gasteiger partial charge < -0.3 is 5.32 Å². The average molecular weight is 293 g/mol. The van der Waals surface area contributed by atoms with Crippen LogP contribution < -0.4 is 5.32 Å². The molecule has 0 aliphatic rings. The van der Waals surface area contributed by atoms with Crippen molar-refractivity contribution in [2.24, 2.45) is 5.92 Å². The van der Waals surface area contributed by atoms with Crippen LogP contribution in [0.5, 0.6) is 0 Å². The van der Waals surface area contributed by atoms with Gasteiger partial charge in [0.15, 0.2) is 0 Å². The van der Waals surface area contributed by atoms with E-state index in [9.17, 15) is 0 Å². The summed E-state index contributed by atoms with van der Waals surface area (Å²) in [6.07, 6.45) is 7.34. The molecule has 1 atom stereocenters. The third-order valence-electron chi connectivity index (χ3n) is 4.36. The summed E-state index contributed by atoms with van der Waals surface area (Å²) in [5.41, 5.74) is 2.63. The largest absolute Gasteiger partial charge is 0.314 e. The molecule has 122 valence electrons. The van der Waals surface area contributed by atoms with E-state index in [0.717, 1.165) is 31.8 Å². The van der Waals surface area contributed by atoms with Crippen LogP contribution in [0.25, 0.3) is 0 Å². The van der Waals surface area contributed by atoms with Crippen molar-refractivity contribution in [1.82, 2.24) is 15.1 Å². The molecule has 0 aromatic carbocycles. The topological polar surface area (TPSA) is 29.9 Å². The van der Waals surface area contributed by atoms with E-state index in [-0.39, 0.29) is 0 Å². The zero-order valence-corrected chi connectivity index (χ0v) is 14.8. The van der Waals surface area contributed by atoms with Crippen LogP contribution in [0.3, 0.4) is 0 Å². The van der Waals surface area contributed by atoms with Crippen molar-refractivity contribution in [3.8, 4) is 0 Å². The molecule has 1 aromatic rings. The molecule has 3 nitrogen and oxygen atoms in total. The van der Waals surface area contributed by atoms with Crippen molar-refractivity contribution in [3.63, 3.8) is 0 Å². The van der Waals surface area contributed by atoms with Crippen molar-refractivity contribution in [2.45, 2.75) is 85.7 Å².